The van der Waals surface area contributed by atoms with Gasteiger partial charge in [-0.05, 0) is 53.1 Å². The Bertz CT molecular complexity index is 510. The summed E-state index contributed by atoms with van der Waals surface area (Å²) in [6.45, 7) is 2.00. The molecule has 0 aliphatic heterocycles. The number of hydrogen-bond acceptors (Lipinski definition) is 2. The number of carbonyl (C=O) groups is 1. The fraction of sp³-hybridized carbons (Fsp3) is 0.154. The van der Waals surface area contributed by atoms with Gasteiger partial charge in [0.1, 0.15) is 0 Å². The van der Waals surface area contributed by atoms with Crippen molar-refractivity contribution in [1.29, 1.82) is 0 Å². The number of thiophene rings is 1. The molecular formula is C13H12INOS. The first-order valence-electron chi connectivity index (χ1n) is 5.27. The highest BCUT2D eigenvalue weighted by atomic mass is 127. The number of benzene rings is 1. The summed E-state index contributed by atoms with van der Waals surface area (Å²) in [6.07, 6.45) is 0. The van der Waals surface area contributed by atoms with Crippen LogP contribution in [0.4, 0.5) is 0 Å². The van der Waals surface area contributed by atoms with Crippen molar-refractivity contribution in [3.63, 3.8) is 0 Å². The number of amides is 1. The second-order valence-electron chi connectivity index (χ2n) is 3.69. The molecular weight excluding hydrogens is 345 g/mol. The van der Waals surface area contributed by atoms with Crippen LogP contribution in [0.15, 0.2) is 41.8 Å². The maximum absolute atomic E-state index is 12.1. The van der Waals surface area contributed by atoms with Crippen LogP contribution in [0.5, 0.6) is 0 Å². The minimum atomic E-state index is -0.0177. The molecule has 2 rings (SSSR count). The van der Waals surface area contributed by atoms with Crippen LogP contribution in [0.25, 0.3) is 0 Å². The van der Waals surface area contributed by atoms with Crippen molar-refractivity contribution in [2.24, 2.45) is 0 Å². The molecule has 0 saturated carbocycles. The highest BCUT2D eigenvalue weighted by molar-refractivity contribution is 14.1. The van der Waals surface area contributed by atoms with Gasteiger partial charge in [-0.3, -0.25) is 4.79 Å². The van der Waals surface area contributed by atoms with Gasteiger partial charge in [-0.1, -0.05) is 18.2 Å². The van der Waals surface area contributed by atoms with Crippen molar-refractivity contribution >= 4 is 39.8 Å². The highest BCUT2D eigenvalue weighted by Gasteiger charge is 2.13. The Balaban J connectivity index is 2.10. The van der Waals surface area contributed by atoms with Gasteiger partial charge in [-0.15, -0.1) is 11.3 Å². The van der Waals surface area contributed by atoms with Crippen LogP contribution in [0.3, 0.4) is 0 Å². The van der Waals surface area contributed by atoms with Crippen LogP contribution in [0.2, 0.25) is 0 Å². The zero-order valence-electron chi connectivity index (χ0n) is 9.31. The molecule has 1 unspecified atom stereocenters. The average molecular weight is 357 g/mol. The van der Waals surface area contributed by atoms with E-state index in [2.05, 4.69) is 27.9 Å². The summed E-state index contributed by atoms with van der Waals surface area (Å²) in [5.41, 5.74) is 0.733. The van der Waals surface area contributed by atoms with Gasteiger partial charge in [0.25, 0.3) is 5.91 Å². The van der Waals surface area contributed by atoms with Crippen molar-refractivity contribution in [2.45, 2.75) is 13.0 Å². The molecule has 0 spiro atoms. The second-order valence-corrected chi connectivity index (χ2v) is 5.83. The van der Waals surface area contributed by atoms with E-state index in [0.29, 0.717) is 0 Å². The molecule has 1 amide bonds. The van der Waals surface area contributed by atoms with Gasteiger partial charge in [0.05, 0.1) is 11.6 Å². The average Bonchev–Trinajstić information content (AvgIpc) is 2.82. The molecule has 0 saturated heterocycles. The third-order valence-electron chi connectivity index (χ3n) is 2.44. The van der Waals surface area contributed by atoms with E-state index in [9.17, 15) is 4.79 Å². The summed E-state index contributed by atoms with van der Waals surface area (Å²) in [5.74, 6) is -0.0177. The highest BCUT2D eigenvalue weighted by Crippen LogP contribution is 2.19. The van der Waals surface area contributed by atoms with Crippen LogP contribution in [0.1, 0.15) is 28.2 Å². The molecule has 0 radical (unpaired) electrons. The Kier molecular flexibility index (Phi) is 4.17. The van der Waals surface area contributed by atoms with Crippen LogP contribution >= 0.6 is 33.9 Å². The first-order valence-corrected chi connectivity index (χ1v) is 7.23. The topological polar surface area (TPSA) is 29.1 Å². The maximum Gasteiger partial charge on any atom is 0.252 e. The lowest BCUT2D eigenvalue weighted by molar-refractivity contribution is 0.0939. The van der Waals surface area contributed by atoms with E-state index < -0.39 is 0 Å². The van der Waals surface area contributed by atoms with Gasteiger partial charge < -0.3 is 5.32 Å². The predicted octanol–water partition coefficient (Wildman–Crippen LogP) is 3.84. The summed E-state index contributed by atoms with van der Waals surface area (Å²) in [6, 6.07) is 11.7. The zero-order valence-corrected chi connectivity index (χ0v) is 12.3. The van der Waals surface area contributed by atoms with Crippen molar-refractivity contribution in [3.8, 4) is 0 Å². The Hall–Kier alpha value is -0.880. The quantitative estimate of drug-likeness (QED) is 0.831. The largest absolute Gasteiger partial charge is 0.345 e. The van der Waals surface area contributed by atoms with Gasteiger partial charge in [0.2, 0.25) is 0 Å². The summed E-state index contributed by atoms with van der Waals surface area (Å²) < 4.78 is 0.973. The number of carbonyl (C=O) groups excluding carboxylic acids is 1. The number of rotatable bonds is 3. The van der Waals surface area contributed by atoms with Crippen LogP contribution in [-0.2, 0) is 0 Å². The van der Waals surface area contributed by atoms with E-state index in [4.69, 9.17) is 0 Å². The number of nitrogens with one attached hydrogen (secondary N) is 1. The van der Waals surface area contributed by atoms with Gasteiger partial charge in [0.15, 0.2) is 0 Å². The lowest BCUT2D eigenvalue weighted by Gasteiger charge is -2.12. The zero-order chi connectivity index (χ0) is 12.3. The van der Waals surface area contributed by atoms with E-state index in [1.54, 1.807) is 11.3 Å². The summed E-state index contributed by atoms with van der Waals surface area (Å²) in [5, 5.41) is 5.02. The van der Waals surface area contributed by atoms with Gasteiger partial charge >= 0.3 is 0 Å². The van der Waals surface area contributed by atoms with E-state index in [1.807, 2.05) is 48.7 Å². The Morgan fingerprint density at radius 3 is 2.71 bits per heavy atom. The van der Waals surface area contributed by atoms with E-state index >= 15 is 0 Å². The first-order chi connectivity index (χ1) is 8.18. The molecule has 0 fully saturated rings. The van der Waals surface area contributed by atoms with Crippen molar-refractivity contribution < 1.29 is 4.79 Å². The lowest BCUT2D eigenvalue weighted by Crippen LogP contribution is -2.26. The van der Waals surface area contributed by atoms with E-state index in [1.165, 1.54) is 4.88 Å². The lowest BCUT2D eigenvalue weighted by atomic mass is 10.2. The summed E-state index contributed by atoms with van der Waals surface area (Å²) >= 11 is 3.83. The van der Waals surface area contributed by atoms with Crippen molar-refractivity contribution in [1.82, 2.24) is 5.32 Å². The van der Waals surface area contributed by atoms with E-state index in [-0.39, 0.29) is 11.9 Å². The fourth-order valence-electron chi connectivity index (χ4n) is 1.53. The van der Waals surface area contributed by atoms with Gasteiger partial charge in [0, 0.05) is 8.45 Å². The standard InChI is InChI=1S/C13H12INOS/c1-9(12-7-4-8-17-12)15-13(16)10-5-2-3-6-11(10)14/h2-9H,1H3,(H,15,16). The molecule has 1 aromatic carbocycles. The molecule has 88 valence electrons. The molecule has 1 aromatic heterocycles. The van der Waals surface area contributed by atoms with Crippen LogP contribution in [0, 0.1) is 3.57 Å². The van der Waals surface area contributed by atoms with Gasteiger partial charge in [-0.2, -0.15) is 0 Å². The SMILES string of the molecule is CC(NC(=O)c1ccccc1I)c1cccs1. The monoisotopic (exact) mass is 357 g/mol. The minimum absolute atomic E-state index is 0.0177. The van der Waals surface area contributed by atoms with Crippen molar-refractivity contribution in [3.05, 3.63) is 55.8 Å². The van der Waals surface area contributed by atoms with Crippen LogP contribution in [-0.4, -0.2) is 5.91 Å². The third kappa shape index (κ3) is 3.07. The molecule has 2 nitrogen and oxygen atoms in total. The summed E-state index contributed by atoms with van der Waals surface area (Å²) in [4.78, 5) is 13.2. The van der Waals surface area contributed by atoms with E-state index in [0.717, 1.165) is 9.13 Å². The van der Waals surface area contributed by atoms with Crippen LogP contribution < -0.4 is 5.32 Å². The molecule has 1 heterocycles. The minimum Gasteiger partial charge on any atom is -0.345 e. The molecule has 0 bridgehead atoms. The molecule has 17 heavy (non-hydrogen) atoms. The fourth-order valence-corrected chi connectivity index (χ4v) is 2.90. The molecule has 0 aliphatic carbocycles. The molecule has 1 N–H and O–H groups in total. The second kappa shape index (κ2) is 5.64. The number of hydrogen-bond donors (Lipinski definition) is 1. The Morgan fingerprint density at radius 2 is 2.06 bits per heavy atom. The molecule has 4 heteroatoms. The first kappa shape index (κ1) is 12.6. The Morgan fingerprint density at radius 1 is 1.29 bits per heavy atom. The Labute approximate surface area is 118 Å². The number of halogens is 1. The molecule has 0 aliphatic rings. The molecule has 1 atom stereocenters. The van der Waals surface area contributed by atoms with Crippen molar-refractivity contribution in [2.75, 3.05) is 0 Å². The normalized spacial score (nSPS) is 12.1. The predicted molar refractivity (Wildman–Crippen MR) is 79.4 cm³/mol. The third-order valence-corrected chi connectivity index (χ3v) is 4.43. The van der Waals surface area contributed by atoms with Gasteiger partial charge in [-0.25, -0.2) is 0 Å². The smallest absolute Gasteiger partial charge is 0.252 e. The molecule has 2 aromatic rings. The summed E-state index contributed by atoms with van der Waals surface area (Å²) in [7, 11) is 0. The maximum atomic E-state index is 12.1.